The lowest BCUT2D eigenvalue weighted by molar-refractivity contribution is 0.0606. The molecule has 110 valence electrons. The summed E-state index contributed by atoms with van der Waals surface area (Å²) in [5, 5.41) is 1.05. The van der Waals surface area contributed by atoms with Crippen LogP contribution in [0.15, 0.2) is 36.5 Å². The van der Waals surface area contributed by atoms with Crippen LogP contribution < -0.4 is 0 Å². The zero-order valence-electron chi connectivity index (χ0n) is 12.2. The van der Waals surface area contributed by atoms with Crippen LogP contribution in [0.2, 0.25) is 0 Å². The predicted molar refractivity (Wildman–Crippen MR) is 83.8 cm³/mol. The molecule has 1 aliphatic rings. The van der Waals surface area contributed by atoms with Gasteiger partial charge in [-0.25, -0.2) is 9.78 Å². The van der Waals surface area contributed by atoms with Crippen molar-refractivity contribution in [1.29, 1.82) is 0 Å². The molecule has 0 N–H and O–H groups in total. The molecule has 4 heteroatoms. The fourth-order valence-electron chi connectivity index (χ4n) is 3.23. The molecule has 0 radical (unpaired) electrons. The maximum absolute atomic E-state index is 11.7. The molecule has 1 saturated carbocycles. The summed E-state index contributed by atoms with van der Waals surface area (Å²) in [6.45, 7) is 0. The number of carbonyl (C=O) groups excluding carboxylic acids is 1. The van der Waals surface area contributed by atoms with Crippen molar-refractivity contribution in [3.63, 3.8) is 0 Å². The Hall–Kier alpha value is -1.68. The number of hydrogen-bond donors (Lipinski definition) is 0. The summed E-state index contributed by atoms with van der Waals surface area (Å²) in [5.74, 6) is -0.294. The summed E-state index contributed by atoms with van der Waals surface area (Å²) in [6.07, 6.45) is 7.56. The van der Waals surface area contributed by atoms with Gasteiger partial charge in [0.1, 0.15) is 9.88 Å². The molecule has 0 bridgehead atoms. The average molecular weight is 301 g/mol. The van der Waals surface area contributed by atoms with Crippen LogP contribution in [0, 0.1) is 0 Å². The summed E-state index contributed by atoms with van der Waals surface area (Å²) in [5.41, 5.74) is 1.28. The van der Waals surface area contributed by atoms with E-state index in [0.717, 1.165) is 17.8 Å². The average Bonchev–Trinajstić information content (AvgIpc) is 3.06. The second-order valence-corrected chi connectivity index (χ2v) is 6.56. The molecule has 1 fully saturated rings. The Kier molecular flexibility index (Phi) is 4.06. The van der Waals surface area contributed by atoms with Gasteiger partial charge < -0.3 is 4.74 Å². The van der Waals surface area contributed by atoms with E-state index in [1.807, 2.05) is 6.07 Å². The number of methoxy groups -OCH3 is 1. The molecule has 0 atom stereocenters. The highest BCUT2D eigenvalue weighted by molar-refractivity contribution is 7.13. The highest BCUT2D eigenvalue weighted by Gasteiger charge is 2.38. The second-order valence-electron chi connectivity index (χ2n) is 5.53. The molecule has 21 heavy (non-hydrogen) atoms. The number of aromatic nitrogens is 1. The summed E-state index contributed by atoms with van der Waals surface area (Å²) < 4.78 is 4.81. The van der Waals surface area contributed by atoms with E-state index >= 15 is 0 Å². The SMILES string of the molecule is COC(=O)c1cnc(C2(c3ccccc3)CCCCC2)s1. The number of esters is 1. The van der Waals surface area contributed by atoms with Crippen molar-refractivity contribution >= 4 is 17.3 Å². The summed E-state index contributed by atoms with van der Waals surface area (Å²) in [7, 11) is 1.41. The molecule has 0 amide bonds. The van der Waals surface area contributed by atoms with Crippen molar-refractivity contribution in [2.75, 3.05) is 7.11 Å². The number of benzene rings is 1. The van der Waals surface area contributed by atoms with Crippen LogP contribution in [0.3, 0.4) is 0 Å². The van der Waals surface area contributed by atoms with E-state index in [1.165, 1.54) is 43.3 Å². The van der Waals surface area contributed by atoms with E-state index in [1.54, 1.807) is 6.20 Å². The van der Waals surface area contributed by atoms with Gasteiger partial charge in [-0.05, 0) is 18.4 Å². The van der Waals surface area contributed by atoms with E-state index in [-0.39, 0.29) is 11.4 Å². The fraction of sp³-hybridized carbons (Fsp3) is 0.412. The van der Waals surface area contributed by atoms with E-state index in [9.17, 15) is 4.79 Å². The van der Waals surface area contributed by atoms with Gasteiger partial charge in [-0.1, -0.05) is 49.6 Å². The van der Waals surface area contributed by atoms with Gasteiger partial charge >= 0.3 is 5.97 Å². The molecular weight excluding hydrogens is 282 g/mol. The third-order valence-corrected chi connectivity index (χ3v) is 5.52. The van der Waals surface area contributed by atoms with Crippen molar-refractivity contribution in [3.8, 4) is 0 Å². The molecule has 1 aromatic heterocycles. The minimum Gasteiger partial charge on any atom is -0.465 e. The van der Waals surface area contributed by atoms with E-state index in [0.29, 0.717) is 4.88 Å². The first-order chi connectivity index (χ1) is 10.3. The van der Waals surface area contributed by atoms with Gasteiger partial charge in [0.2, 0.25) is 0 Å². The monoisotopic (exact) mass is 301 g/mol. The Morgan fingerprint density at radius 3 is 2.57 bits per heavy atom. The van der Waals surface area contributed by atoms with Crippen LogP contribution in [0.4, 0.5) is 0 Å². The number of nitrogens with zero attached hydrogens (tertiary/aromatic N) is 1. The normalized spacial score (nSPS) is 17.4. The van der Waals surface area contributed by atoms with Gasteiger partial charge in [-0.3, -0.25) is 0 Å². The predicted octanol–water partition coefficient (Wildman–Crippen LogP) is 4.18. The van der Waals surface area contributed by atoms with Crippen molar-refractivity contribution in [1.82, 2.24) is 4.98 Å². The largest absolute Gasteiger partial charge is 0.465 e. The minimum atomic E-state index is -0.294. The summed E-state index contributed by atoms with van der Waals surface area (Å²) in [4.78, 5) is 16.9. The van der Waals surface area contributed by atoms with E-state index in [4.69, 9.17) is 4.74 Å². The molecule has 1 aromatic carbocycles. The molecule has 0 aliphatic heterocycles. The number of ether oxygens (including phenoxy) is 1. The lowest BCUT2D eigenvalue weighted by Crippen LogP contribution is -2.30. The lowest BCUT2D eigenvalue weighted by Gasteiger charge is -2.36. The van der Waals surface area contributed by atoms with Gasteiger partial charge in [0.25, 0.3) is 0 Å². The van der Waals surface area contributed by atoms with Crippen LogP contribution in [-0.2, 0) is 10.2 Å². The van der Waals surface area contributed by atoms with Gasteiger partial charge in [-0.15, -0.1) is 11.3 Å². The highest BCUT2D eigenvalue weighted by Crippen LogP contribution is 2.46. The van der Waals surface area contributed by atoms with Crippen molar-refractivity contribution in [3.05, 3.63) is 52.0 Å². The molecule has 1 heterocycles. The van der Waals surface area contributed by atoms with Crippen LogP contribution in [0.5, 0.6) is 0 Å². The van der Waals surface area contributed by atoms with Crippen molar-refractivity contribution < 1.29 is 9.53 Å². The summed E-state index contributed by atoms with van der Waals surface area (Å²) in [6, 6.07) is 10.6. The molecular formula is C17H19NO2S. The lowest BCUT2D eigenvalue weighted by atomic mass is 9.70. The maximum Gasteiger partial charge on any atom is 0.349 e. The van der Waals surface area contributed by atoms with E-state index < -0.39 is 0 Å². The Balaban J connectivity index is 2.04. The van der Waals surface area contributed by atoms with Crippen molar-refractivity contribution in [2.45, 2.75) is 37.5 Å². The number of thiazole rings is 1. The molecule has 0 saturated heterocycles. The third kappa shape index (κ3) is 2.60. The van der Waals surface area contributed by atoms with Crippen LogP contribution >= 0.6 is 11.3 Å². The Bertz CT molecular complexity index is 615. The van der Waals surface area contributed by atoms with Crippen LogP contribution in [0.25, 0.3) is 0 Å². The van der Waals surface area contributed by atoms with Crippen LogP contribution in [0.1, 0.15) is 52.3 Å². The fourth-order valence-corrected chi connectivity index (χ4v) is 4.33. The number of carbonyl (C=O) groups is 1. The Labute approximate surface area is 129 Å². The molecule has 2 aromatic rings. The number of hydrogen-bond acceptors (Lipinski definition) is 4. The first-order valence-electron chi connectivity index (χ1n) is 7.36. The quantitative estimate of drug-likeness (QED) is 0.798. The van der Waals surface area contributed by atoms with Crippen molar-refractivity contribution in [2.24, 2.45) is 0 Å². The van der Waals surface area contributed by atoms with E-state index in [2.05, 4.69) is 29.2 Å². The van der Waals surface area contributed by atoms with Gasteiger partial charge in [0.05, 0.1) is 13.3 Å². The standard InChI is InChI=1S/C17H19NO2S/c1-20-15(19)14-12-18-16(21-14)17(10-6-3-7-11-17)13-8-4-2-5-9-13/h2,4-5,8-9,12H,3,6-7,10-11H2,1H3. The van der Waals surface area contributed by atoms with Crippen LogP contribution in [-0.4, -0.2) is 18.1 Å². The van der Waals surface area contributed by atoms with Gasteiger partial charge in [0.15, 0.2) is 0 Å². The summed E-state index contributed by atoms with van der Waals surface area (Å²) >= 11 is 1.48. The Morgan fingerprint density at radius 1 is 1.19 bits per heavy atom. The Morgan fingerprint density at radius 2 is 1.90 bits per heavy atom. The molecule has 3 rings (SSSR count). The smallest absolute Gasteiger partial charge is 0.349 e. The topological polar surface area (TPSA) is 39.2 Å². The van der Waals surface area contributed by atoms with Gasteiger partial charge in [0, 0.05) is 5.41 Å². The molecule has 3 nitrogen and oxygen atoms in total. The zero-order chi connectivity index (χ0) is 14.7. The third-order valence-electron chi connectivity index (χ3n) is 4.34. The first-order valence-corrected chi connectivity index (χ1v) is 8.18. The number of rotatable bonds is 3. The zero-order valence-corrected chi connectivity index (χ0v) is 13.0. The minimum absolute atomic E-state index is 0.0313. The molecule has 0 unspecified atom stereocenters. The first kappa shape index (κ1) is 14.3. The molecule has 1 aliphatic carbocycles. The maximum atomic E-state index is 11.7. The highest BCUT2D eigenvalue weighted by atomic mass is 32.1. The van der Waals surface area contributed by atoms with Gasteiger partial charge in [-0.2, -0.15) is 0 Å². The second kappa shape index (κ2) is 5.98. The molecule has 0 spiro atoms.